The minimum Gasteiger partial charge on any atom is -0.508 e. The zero-order valence-electron chi connectivity index (χ0n) is 13.4. The number of ether oxygens (including phenoxy) is 1. The van der Waals surface area contributed by atoms with E-state index in [0.29, 0.717) is 16.3 Å². The van der Waals surface area contributed by atoms with Crippen molar-refractivity contribution in [3.63, 3.8) is 0 Å². The monoisotopic (exact) mass is 347 g/mol. The zero-order valence-corrected chi connectivity index (χ0v) is 14.2. The molecule has 6 heteroatoms. The van der Waals surface area contributed by atoms with Gasteiger partial charge in [0.05, 0.1) is 17.1 Å². The van der Waals surface area contributed by atoms with Gasteiger partial charge in [-0.1, -0.05) is 29.8 Å². The van der Waals surface area contributed by atoms with Crippen LogP contribution in [0.15, 0.2) is 36.4 Å². The molecule has 2 rings (SSSR count). The van der Waals surface area contributed by atoms with Gasteiger partial charge in [-0.2, -0.15) is 0 Å². The van der Waals surface area contributed by atoms with Gasteiger partial charge >= 0.3 is 5.97 Å². The molecule has 0 saturated carbocycles. The number of amides is 1. The quantitative estimate of drug-likeness (QED) is 0.813. The summed E-state index contributed by atoms with van der Waals surface area (Å²) < 4.78 is 4.96. The van der Waals surface area contributed by atoms with Crippen LogP contribution in [0.25, 0.3) is 0 Å². The lowest BCUT2D eigenvalue weighted by Crippen LogP contribution is -2.22. The number of phenols is 1. The molecule has 0 heterocycles. The molecule has 0 radical (unpaired) electrons. The van der Waals surface area contributed by atoms with Crippen molar-refractivity contribution in [2.45, 2.75) is 20.3 Å². The number of esters is 1. The summed E-state index contributed by atoms with van der Waals surface area (Å²) in [5.74, 6) is -0.859. The van der Waals surface area contributed by atoms with Crippen molar-refractivity contribution in [3.05, 3.63) is 58.1 Å². The molecule has 0 bridgehead atoms. The molecule has 0 atom stereocenters. The van der Waals surface area contributed by atoms with Gasteiger partial charge < -0.3 is 15.2 Å². The Balaban J connectivity index is 1.87. The fourth-order valence-corrected chi connectivity index (χ4v) is 2.60. The Labute approximate surface area is 145 Å². The highest BCUT2D eigenvalue weighted by atomic mass is 35.5. The number of aromatic hydroxyl groups is 1. The second kappa shape index (κ2) is 7.84. The van der Waals surface area contributed by atoms with Crippen LogP contribution in [-0.2, 0) is 20.7 Å². The minimum absolute atomic E-state index is 0.0257. The second-order valence-corrected chi connectivity index (χ2v) is 5.90. The molecule has 0 aliphatic rings. The summed E-state index contributed by atoms with van der Waals surface area (Å²) in [6, 6.07) is 9.85. The topological polar surface area (TPSA) is 75.6 Å². The highest BCUT2D eigenvalue weighted by molar-refractivity contribution is 6.34. The number of aryl methyl sites for hydroxylation is 2. The van der Waals surface area contributed by atoms with E-state index in [2.05, 4.69) is 5.32 Å². The molecule has 0 aliphatic carbocycles. The van der Waals surface area contributed by atoms with Crippen molar-refractivity contribution in [1.82, 2.24) is 0 Å². The molecular formula is C18H18ClNO4. The fourth-order valence-electron chi connectivity index (χ4n) is 2.23. The van der Waals surface area contributed by atoms with E-state index in [0.717, 1.165) is 11.1 Å². The van der Waals surface area contributed by atoms with E-state index < -0.39 is 11.9 Å². The van der Waals surface area contributed by atoms with E-state index in [9.17, 15) is 14.7 Å². The van der Waals surface area contributed by atoms with Crippen molar-refractivity contribution < 1.29 is 19.4 Å². The number of hydrogen-bond donors (Lipinski definition) is 2. The van der Waals surface area contributed by atoms with E-state index in [4.69, 9.17) is 16.3 Å². The molecule has 5 nitrogen and oxygen atoms in total. The maximum Gasteiger partial charge on any atom is 0.310 e. The average molecular weight is 348 g/mol. The molecule has 2 aromatic carbocycles. The Morgan fingerprint density at radius 3 is 2.46 bits per heavy atom. The molecule has 0 spiro atoms. The molecule has 24 heavy (non-hydrogen) atoms. The normalized spacial score (nSPS) is 10.3. The van der Waals surface area contributed by atoms with Gasteiger partial charge in [0, 0.05) is 0 Å². The van der Waals surface area contributed by atoms with Gasteiger partial charge in [-0.15, -0.1) is 0 Å². The molecule has 1 amide bonds. The standard InChI is InChI=1S/C18H18ClNO4/c1-11-7-12(2)18(15(19)8-11)20-16(22)10-24-17(23)9-13-3-5-14(21)6-4-13/h3-8,21H,9-10H2,1-2H3,(H,20,22). The molecule has 0 unspecified atom stereocenters. The number of rotatable bonds is 5. The smallest absolute Gasteiger partial charge is 0.310 e. The van der Waals surface area contributed by atoms with Crippen molar-refractivity contribution in [2.75, 3.05) is 11.9 Å². The molecule has 0 aliphatic heterocycles. The minimum atomic E-state index is -0.525. The van der Waals surface area contributed by atoms with Crippen molar-refractivity contribution in [3.8, 4) is 5.75 Å². The van der Waals surface area contributed by atoms with Crippen LogP contribution in [0, 0.1) is 13.8 Å². The Morgan fingerprint density at radius 1 is 1.17 bits per heavy atom. The van der Waals surface area contributed by atoms with Crippen LogP contribution in [0.3, 0.4) is 0 Å². The van der Waals surface area contributed by atoms with Crippen molar-refractivity contribution >= 4 is 29.2 Å². The van der Waals surface area contributed by atoms with Gasteiger partial charge in [-0.05, 0) is 48.7 Å². The summed E-state index contributed by atoms with van der Waals surface area (Å²) in [4.78, 5) is 23.7. The van der Waals surface area contributed by atoms with Crippen LogP contribution in [0.4, 0.5) is 5.69 Å². The molecule has 126 valence electrons. The maximum atomic E-state index is 11.9. The summed E-state index contributed by atoms with van der Waals surface area (Å²) >= 11 is 6.12. The number of carbonyl (C=O) groups excluding carboxylic acids is 2. The number of anilines is 1. The van der Waals surface area contributed by atoms with Crippen LogP contribution in [0.1, 0.15) is 16.7 Å². The molecule has 2 N–H and O–H groups in total. The predicted octanol–water partition coefficient (Wildman–Crippen LogP) is 3.39. The van der Waals surface area contributed by atoms with E-state index >= 15 is 0 Å². The number of halogens is 1. The third kappa shape index (κ3) is 4.99. The first kappa shape index (κ1) is 17.8. The molecule has 0 saturated heterocycles. The van der Waals surface area contributed by atoms with E-state index in [-0.39, 0.29) is 18.8 Å². The first-order valence-corrected chi connectivity index (χ1v) is 7.73. The Morgan fingerprint density at radius 2 is 1.83 bits per heavy atom. The van der Waals surface area contributed by atoms with Crippen molar-refractivity contribution in [2.24, 2.45) is 0 Å². The zero-order chi connectivity index (χ0) is 17.7. The number of nitrogens with one attached hydrogen (secondary N) is 1. The number of phenolic OH excluding ortho intramolecular Hbond substituents is 1. The van der Waals surface area contributed by atoms with Gasteiger partial charge in [0.1, 0.15) is 5.75 Å². The lowest BCUT2D eigenvalue weighted by Gasteiger charge is -2.12. The molecule has 2 aromatic rings. The number of carbonyl (C=O) groups is 2. The summed E-state index contributed by atoms with van der Waals surface area (Å²) in [5, 5.41) is 12.3. The Kier molecular flexibility index (Phi) is 5.82. The Bertz CT molecular complexity index is 733. The van der Waals surface area contributed by atoms with Crippen LogP contribution >= 0.6 is 11.6 Å². The Hall–Kier alpha value is -2.53. The van der Waals surface area contributed by atoms with Gasteiger partial charge in [-0.25, -0.2) is 0 Å². The highest BCUT2D eigenvalue weighted by Gasteiger charge is 2.12. The maximum absolute atomic E-state index is 11.9. The van der Waals surface area contributed by atoms with Crippen LogP contribution < -0.4 is 5.32 Å². The first-order chi connectivity index (χ1) is 11.3. The third-order valence-corrected chi connectivity index (χ3v) is 3.64. The van der Waals surface area contributed by atoms with Gasteiger partial charge in [0.15, 0.2) is 6.61 Å². The van der Waals surface area contributed by atoms with Gasteiger partial charge in [0.25, 0.3) is 5.91 Å². The van der Waals surface area contributed by atoms with Crippen LogP contribution in [0.5, 0.6) is 5.75 Å². The van der Waals surface area contributed by atoms with Gasteiger partial charge in [0.2, 0.25) is 0 Å². The average Bonchev–Trinajstić information content (AvgIpc) is 2.51. The number of hydrogen-bond acceptors (Lipinski definition) is 4. The third-order valence-electron chi connectivity index (χ3n) is 3.35. The lowest BCUT2D eigenvalue weighted by atomic mass is 10.1. The summed E-state index contributed by atoms with van der Waals surface area (Å²) in [6.45, 7) is 3.36. The fraction of sp³-hybridized carbons (Fsp3) is 0.222. The summed E-state index contributed by atoms with van der Waals surface area (Å²) in [6.07, 6.45) is 0.0257. The second-order valence-electron chi connectivity index (χ2n) is 5.49. The van der Waals surface area contributed by atoms with Crippen LogP contribution in [-0.4, -0.2) is 23.6 Å². The van der Waals surface area contributed by atoms with Gasteiger partial charge in [-0.3, -0.25) is 9.59 Å². The van der Waals surface area contributed by atoms with E-state index in [1.54, 1.807) is 18.2 Å². The highest BCUT2D eigenvalue weighted by Crippen LogP contribution is 2.27. The molecular weight excluding hydrogens is 330 g/mol. The first-order valence-electron chi connectivity index (χ1n) is 7.35. The van der Waals surface area contributed by atoms with E-state index in [1.165, 1.54) is 12.1 Å². The van der Waals surface area contributed by atoms with Crippen LogP contribution in [0.2, 0.25) is 5.02 Å². The lowest BCUT2D eigenvalue weighted by molar-refractivity contribution is -0.146. The van der Waals surface area contributed by atoms with E-state index in [1.807, 2.05) is 19.9 Å². The van der Waals surface area contributed by atoms with Crippen molar-refractivity contribution in [1.29, 1.82) is 0 Å². The SMILES string of the molecule is Cc1cc(C)c(NC(=O)COC(=O)Cc2ccc(O)cc2)c(Cl)c1. The largest absolute Gasteiger partial charge is 0.508 e. The molecule has 0 aromatic heterocycles. The molecule has 0 fully saturated rings. The summed E-state index contributed by atoms with van der Waals surface area (Å²) in [7, 11) is 0. The predicted molar refractivity (Wildman–Crippen MR) is 92.3 cm³/mol. The summed E-state index contributed by atoms with van der Waals surface area (Å²) in [5.41, 5.74) is 3.04. The number of benzene rings is 2.